The molecule has 0 radical (unpaired) electrons. The quantitative estimate of drug-likeness (QED) is 0.684. The Hall–Kier alpha value is -2.79. The van der Waals surface area contributed by atoms with E-state index in [1.807, 2.05) is 42.5 Å². The minimum Gasteiger partial charge on any atom is -0.351 e. The van der Waals surface area contributed by atoms with E-state index in [4.69, 9.17) is 4.98 Å². The van der Waals surface area contributed by atoms with Gasteiger partial charge in [0.05, 0.1) is 16.8 Å². The van der Waals surface area contributed by atoms with Crippen molar-refractivity contribution in [2.45, 2.75) is 38.1 Å². The fourth-order valence-corrected chi connectivity index (χ4v) is 4.17. The first-order chi connectivity index (χ1) is 14.2. The molecule has 2 aromatic heterocycles. The van der Waals surface area contributed by atoms with Crippen LogP contribution in [-0.2, 0) is 0 Å². The smallest absolute Gasteiger partial charge is 0.252 e. The van der Waals surface area contributed by atoms with Crippen molar-refractivity contribution in [2.75, 3.05) is 20.1 Å². The van der Waals surface area contributed by atoms with Crippen molar-refractivity contribution in [3.63, 3.8) is 0 Å². The Labute approximate surface area is 172 Å². The maximum absolute atomic E-state index is 13.0. The molecule has 0 saturated heterocycles. The SMILES string of the molecule is CN(CCNC(=O)c1cc(-c2cccnc2)nc2ccccc12)C1CCCCC1. The highest BCUT2D eigenvalue weighted by molar-refractivity contribution is 6.07. The van der Waals surface area contributed by atoms with E-state index >= 15 is 0 Å². The van der Waals surface area contributed by atoms with Gasteiger partial charge in [0.15, 0.2) is 0 Å². The molecule has 1 N–H and O–H groups in total. The Morgan fingerprint density at radius 2 is 1.97 bits per heavy atom. The Morgan fingerprint density at radius 1 is 1.14 bits per heavy atom. The highest BCUT2D eigenvalue weighted by Gasteiger charge is 2.18. The number of pyridine rings is 2. The summed E-state index contributed by atoms with van der Waals surface area (Å²) in [7, 11) is 2.17. The van der Waals surface area contributed by atoms with Gasteiger partial charge in [-0.25, -0.2) is 4.98 Å². The lowest BCUT2D eigenvalue weighted by atomic mass is 9.94. The Balaban J connectivity index is 1.50. The summed E-state index contributed by atoms with van der Waals surface area (Å²) in [5.41, 5.74) is 3.15. The van der Waals surface area contributed by atoms with E-state index in [1.165, 1.54) is 32.1 Å². The van der Waals surface area contributed by atoms with E-state index in [-0.39, 0.29) is 5.91 Å². The van der Waals surface area contributed by atoms with Crippen molar-refractivity contribution in [3.05, 3.63) is 60.4 Å². The molecule has 150 valence electrons. The molecule has 1 fully saturated rings. The number of aromatic nitrogens is 2. The van der Waals surface area contributed by atoms with Gasteiger partial charge in [-0.05, 0) is 44.2 Å². The number of amides is 1. The zero-order chi connectivity index (χ0) is 20.1. The van der Waals surface area contributed by atoms with Crippen molar-refractivity contribution >= 4 is 16.8 Å². The van der Waals surface area contributed by atoms with Gasteiger partial charge in [-0.3, -0.25) is 9.78 Å². The summed E-state index contributed by atoms with van der Waals surface area (Å²) in [6.45, 7) is 1.51. The third kappa shape index (κ3) is 4.62. The Morgan fingerprint density at radius 3 is 2.76 bits per heavy atom. The Bertz CT molecular complexity index is 967. The molecule has 5 heteroatoms. The van der Waals surface area contributed by atoms with Gasteiger partial charge in [0.2, 0.25) is 0 Å². The average Bonchev–Trinajstić information content (AvgIpc) is 2.79. The van der Waals surface area contributed by atoms with Crippen LogP contribution in [0.1, 0.15) is 42.5 Å². The monoisotopic (exact) mass is 388 g/mol. The van der Waals surface area contributed by atoms with Crippen LogP contribution in [0.25, 0.3) is 22.2 Å². The Kier molecular flexibility index (Phi) is 6.15. The molecule has 1 aliphatic carbocycles. The summed E-state index contributed by atoms with van der Waals surface area (Å²) in [4.78, 5) is 24.3. The number of para-hydroxylation sites is 1. The number of hydrogen-bond donors (Lipinski definition) is 1. The minimum absolute atomic E-state index is 0.0502. The fourth-order valence-electron chi connectivity index (χ4n) is 4.17. The van der Waals surface area contributed by atoms with E-state index in [1.54, 1.807) is 12.4 Å². The molecule has 0 aliphatic heterocycles. The van der Waals surface area contributed by atoms with Crippen molar-refractivity contribution in [1.29, 1.82) is 0 Å². The summed E-state index contributed by atoms with van der Waals surface area (Å²) in [6.07, 6.45) is 10.1. The van der Waals surface area contributed by atoms with Crippen LogP contribution in [0.3, 0.4) is 0 Å². The molecule has 5 nitrogen and oxygen atoms in total. The fraction of sp³-hybridized carbons (Fsp3) is 0.375. The molecule has 1 aromatic carbocycles. The van der Waals surface area contributed by atoms with E-state index in [0.29, 0.717) is 18.2 Å². The number of carbonyl (C=O) groups is 1. The summed E-state index contributed by atoms with van der Waals surface area (Å²) >= 11 is 0. The normalized spacial score (nSPS) is 15.0. The van der Waals surface area contributed by atoms with Gasteiger partial charge in [-0.15, -0.1) is 0 Å². The molecule has 1 amide bonds. The second-order valence-corrected chi connectivity index (χ2v) is 7.84. The summed E-state index contributed by atoms with van der Waals surface area (Å²) in [6, 6.07) is 14.2. The summed E-state index contributed by atoms with van der Waals surface area (Å²) in [5.74, 6) is -0.0502. The first kappa shape index (κ1) is 19.5. The number of fused-ring (bicyclic) bond motifs is 1. The van der Waals surface area contributed by atoms with Gasteiger partial charge in [-0.2, -0.15) is 0 Å². The average molecular weight is 389 g/mol. The van der Waals surface area contributed by atoms with Crippen LogP contribution in [0.15, 0.2) is 54.9 Å². The van der Waals surface area contributed by atoms with Crippen LogP contribution >= 0.6 is 0 Å². The maximum atomic E-state index is 13.0. The number of rotatable bonds is 6. The minimum atomic E-state index is -0.0502. The number of carbonyl (C=O) groups excluding carboxylic acids is 1. The molecular weight excluding hydrogens is 360 g/mol. The van der Waals surface area contributed by atoms with Gasteiger partial charge >= 0.3 is 0 Å². The molecule has 0 atom stereocenters. The number of likely N-dealkylation sites (N-methyl/N-ethyl adjacent to an activating group) is 1. The van der Waals surface area contributed by atoms with Crippen LogP contribution in [0.4, 0.5) is 0 Å². The zero-order valence-electron chi connectivity index (χ0n) is 17.0. The van der Waals surface area contributed by atoms with E-state index < -0.39 is 0 Å². The second-order valence-electron chi connectivity index (χ2n) is 7.84. The van der Waals surface area contributed by atoms with Crippen molar-refractivity contribution in [1.82, 2.24) is 20.2 Å². The molecule has 1 saturated carbocycles. The van der Waals surface area contributed by atoms with E-state index in [9.17, 15) is 4.79 Å². The van der Waals surface area contributed by atoms with Crippen LogP contribution in [0.5, 0.6) is 0 Å². The van der Waals surface area contributed by atoms with Crippen molar-refractivity contribution in [2.24, 2.45) is 0 Å². The first-order valence-electron chi connectivity index (χ1n) is 10.5. The first-order valence-corrected chi connectivity index (χ1v) is 10.5. The van der Waals surface area contributed by atoms with Crippen molar-refractivity contribution < 1.29 is 4.79 Å². The number of hydrogen-bond acceptors (Lipinski definition) is 4. The zero-order valence-corrected chi connectivity index (χ0v) is 17.0. The lowest BCUT2D eigenvalue weighted by Crippen LogP contribution is -2.39. The third-order valence-corrected chi connectivity index (χ3v) is 5.87. The molecule has 29 heavy (non-hydrogen) atoms. The molecule has 0 bridgehead atoms. The highest BCUT2D eigenvalue weighted by Crippen LogP contribution is 2.24. The van der Waals surface area contributed by atoms with E-state index in [0.717, 1.165) is 28.7 Å². The molecule has 3 aromatic rings. The van der Waals surface area contributed by atoms with Gasteiger partial charge in [-0.1, -0.05) is 37.5 Å². The lowest BCUT2D eigenvalue weighted by Gasteiger charge is -2.31. The highest BCUT2D eigenvalue weighted by atomic mass is 16.1. The van der Waals surface area contributed by atoms with Crippen LogP contribution in [0.2, 0.25) is 0 Å². The number of benzene rings is 1. The second kappa shape index (κ2) is 9.14. The van der Waals surface area contributed by atoms with Crippen LogP contribution in [-0.4, -0.2) is 47.0 Å². The lowest BCUT2D eigenvalue weighted by molar-refractivity contribution is 0.0946. The van der Waals surface area contributed by atoms with Crippen LogP contribution < -0.4 is 5.32 Å². The summed E-state index contributed by atoms with van der Waals surface area (Å²) < 4.78 is 0. The molecule has 1 aliphatic rings. The largest absolute Gasteiger partial charge is 0.351 e. The van der Waals surface area contributed by atoms with E-state index in [2.05, 4.69) is 22.2 Å². The van der Waals surface area contributed by atoms with Gasteiger partial charge in [0.1, 0.15) is 0 Å². The van der Waals surface area contributed by atoms with Gasteiger partial charge in [0.25, 0.3) is 5.91 Å². The summed E-state index contributed by atoms with van der Waals surface area (Å²) in [5, 5.41) is 3.99. The van der Waals surface area contributed by atoms with Gasteiger partial charge in [0, 0.05) is 42.5 Å². The molecular formula is C24H28N4O. The van der Waals surface area contributed by atoms with Crippen molar-refractivity contribution in [3.8, 4) is 11.3 Å². The predicted octanol–water partition coefficient (Wildman–Crippen LogP) is 4.29. The number of nitrogens with zero attached hydrogens (tertiary/aromatic N) is 3. The molecule has 0 unspecified atom stereocenters. The molecule has 4 rings (SSSR count). The van der Waals surface area contributed by atoms with Gasteiger partial charge < -0.3 is 10.2 Å². The molecule has 0 spiro atoms. The van der Waals surface area contributed by atoms with Crippen LogP contribution in [0, 0.1) is 0 Å². The predicted molar refractivity (Wildman–Crippen MR) is 117 cm³/mol. The maximum Gasteiger partial charge on any atom is 0.252 e. The molecule has 2 heterocycles. The standard InChI is InChI=1S/C24H28N4O/c1-28(19-9-3-2-4-10-19)15-14-26-24(29)21-16-23(18-8-7-13-25-17-18)27-22-12-6-5-11-20(21)22/h5-8,11-13,16-17,19H,2-4,9-10,14-15H2,1H3,(H,26,29). The topological polar surface area (TPSA) is 58.1 Å². The third-order valence-electron chi connectivity index (χ3n) is 5.87. The number of nitrogens with one attached hydrogen (secondary N) is 1.